The van der Waals surface area contributed by atoms with Crippen molar-refractivity contribution in [1.82, 2.24) is 10.2 Å². The number of furan rings is 1. The predicted octanol–water partition coefficient (Wildman–Crippen LogP) is 4.19. The van der Waals surface area contributed by atoms with Crippen LogP contribution in [-0.2, 0) is 11.2 Å². The van der Waals surface area contributed by atoms with E-state index in [2.05, 4.69) is 5.32 Å². The number of nitrogens with zero attached hydrogens (tertiary/aromatic N) is 1. The van der Waals surface area contributed by atoms with E-state index < -0.39 is 0 Å². The molecule has 0 bridgehead atoms. The molecule has 0 atom stereocenters. The monoisotopic (exact) mass is 396 g/mol. The van der Waals surface area contributed by atoms with Crippen molar-refractivity contribution in [1.29, 1.82) is 0 Å². The van der Waals surface area contributed by atoms with Gasteiger partial charge >= 0.3 is 0 Å². The molecule has 1 aromatic carbocycles. The molecular weight excluding hydrogens is 375 g/mol. The number of benzene rings is 1. The van der Waals surface area contributed by atoms with Crippen LogP contribution in [0.3, 0.4) is 0 Å². The molecule has 0 saturated heterocycles. The molecule has 0 fully saturated rings. The maximum absolute atomic E-state index is 12.4. The van der Waals surface area contributed by atoms with Crippen LogP contribution in [0, 0.1) is 0 Å². The van der Waals surface area contributed by atoms with E-state index in [1.54, 1.807) is 23.1 Å². The Morgan fingerprint density at radius 1 is 1.19 bits per heavy atom. The van der Waals surface area contributed by atoms with Gasteiger partial charge in [0.15, 0.2) is 0 Å². The Morgan fingerprint density at radius 3 is 2.65 bits per heavy atom. The largest absolute Gasteiger partial charge is 0.472 e. The Kier molecular flexibility index (Phi) is 8.01. The molecular formula is C19H22Cl2N2O3. The maximum atomic E-state index is 12.4. The average molecular weight is 397 g/mol. The van der Waals surface area contributed by atoms with Gasteiger partial charge in [0, 0.05) is 36.1 Å². The topological polar surface area (TPSA) is 62.6 Å². The van der Waals surface area contributed by atoms with Crippen LogP contribution < -0.4 is 5.32 Å². The summed E-state index contributed by atoms with van der Waals surface area (Å²) in [7, 11) is 0. The molecule has 2 aromatic rings. The molecule has 0 aliphatic carbocycles. The molecule has 26 heavy (non-hydrogen) atoms. The number of amides is 2. The maximum Gasteiger partial charge on any atom is 0.257 e. The van der Waals surface area contributed by atoms with Crippen molar-refractivity contribution < 1.29 is 14.0 Å². The highest BCUT2D eigenvalue weighted by Gasteiger charge is 2.17. The number of rotatable bonds is 9. The average Bonchev–Trinajstić information content (AvgIpc) is 3.14. The molecule has 0 aliphatic heterocycles. The van der Waals surface area contributed by atoms with Gasteiger partial charge in [0.1, 0.15) is 6.26 Å². The summed E-state index contributed by atoms with van der Waals surface area (Å²) in [4.78, 5) is 26.1. The normalized spacial score (nSPS) is 10.6. The molecule has 1 N–H and O–H groups in total. The lowest BCUT2D eigenvalue weighted by atomic mass is 10.1. The second kappa shape index (κ2) is 10.2. The van der Waals surface area contributed by atoms with Crippen LogP contribution in [0.1, 0.15) is 35.7 Å². The molecule has 2 amide bonds. The van der Waals surface area contributed by atoms with Gasteiger partial charge in [0.05, 0.1) is 11.8 Å². The molecule has 0 aliphatic rings. The van der Waals surface area contributed by atoms with Crippen LogP contribution in [0.4, 0.5) is 0 Å². The minimum atomic E-state index is -0.124. The van der Waals surface area contributed by atoms with Gasteiger partial charge in [-0.15, -0.1) is 0 Å². The minimum Gasteiger partial charge on any atom is -0.472 e. The zero-order valence-corrected chi connectivity index (χ0v) is 16.1. The van der Waals surface area contributed by atoms with Crippen molar-refractivity contribution in [3.8, 4) is 0 Å². The lowest BCUT2D eigenvalue weighted by Gasteiger charge is -2.21. The van der Waals surface area contributed by atoms with Crippen molar-refractivity contribution in [3.63, 3.8) is 0 Å². The third-order valence-electron chi connectivity index (χ3n) is 3.89. The van der Waals surface area contributed by atoms with Gasteiger partial charge in [-0.3, -0.25) is 9.59 Å². The summed E-state index contributed by atoms with van der Waals surface area (Å²) in [6.45, 7) is 3.43. The molecule has 0 spiro atoms. The van der Waals surface area contributed by atoms with Gasteiger partial charge in [0.2, 0.25) is 5.91 Å². The number of carbonyl (C=O) groups excluding carboxylic acids is 2. The Bertz CT molecular complexity index is 732. The van der Waals surface area contributed by atoms with E-state index in [1.807, 2.05) is 13.0 Å². The molecule has 0 unspecified atom stereocenters. The third kappa shape index (κ3) is 6.07. The van der Waals surface area contributed by atoms with Crippen LogP contribution in [0.5, 0.6) is 0 Å². The Hall–Kier alpha value is -1.98. The summed E-state index contributed by atoms with van der Waals surface area (Å²) in [6.07, 6.45) is 4.57. The van der Waals surface area contributed by atoms with E-state index in [0.29, 0.717) is 41.7 Å². The third-order valence-corrected chi connectivity index (χ3v) is 4.48. The van der Waals surface area contributed by atoms with E-state index in [1.165, 1.54) is 12.5 Å². The molecule has 2 rings (SSSR count). The molecule has 1 aromatic heterocycles. The smallest absolute Gasteiger partial charge is 0.257 e. The van der Waals surface area contributed by atoms with E-state index in [4.69, 9.17) is 27.6 Å². The van der Waals surface area contributed by atoms with Crippen molar-refractivity contribution in [2.45, 2.75) is 26.2 Å². The fraction of sp³-hybridized carbons (Fsp3) is 0.368. The summed E-state index contributed by atoms with van der Waals surface area (Å²) in [6, 6.07) is 6.93. The summed E-state index contributed by atoms with van der Waals surface area (Å²) >= 11 is 12.0. The number of hydrogen-bond acceptors (Lipinski definition) is 3. The Balaban J connectivity index is 1.78. The zero-order valence-electron chi connectivity index (χ0n) is 14.6. The lowest BCUT2D eigenvalue weighted by molar-refractivity contribution is -0.121. The van der Waals surface area contributed by atoms with Gasteiger partial charge in [-0.2, -0.15) is 0 Å². The van der Waals surface area contributed by atoms with Crippen molar-refractivity contribution in [2.75, 3.05) is 19.6 Å². The zero-order chi connectivity index (χ0) is 18.9. The van der Waals surface area contributed by atoms with Crippen LogP contribution in [0.15, 0.2) is 41.2 Å². The molecule has 5 nitrogen and oxygen atoms in total. The van der Waals surface area contributed by atoms with E-state index in [9.17, 15) is 9.59 Å². The minimum absolute atomic E-state index is 0.101. The summed E-state index contributed by atoms with van der Waals surface area (Å²) in [5, 5.41) is 4.03. The van der Waals surface area contributed by atoms with Crippen LogP contribution in [0.25, 0.3) is 0 Å². The van der Waals surface area contributed by atoms with Crippen molar-refractivity contribution in [2.24, 2.45) is 0 Å². The highest BCUT2D eigenvalue weighted by atomic mass is 35.5. The standard InChI is InChI=1S/C19H22Cl2N2O3/c1-2-9-23(19(25)15-7-11-26-13-15)10-6-18(24)22-8-5-14-3-4-16(20)12-17(14)21/h3-4,7,11-13H,2,5-6,8-10H2,1H3,(H,22,24). The van der Waals surface area contributed by atoms with Crippen LogP contribution in [0.2, 0.25) is 10.0 Å². The fourth-order valence-electron chi connectivity index (χ4n) is 2.54. The lowest BCUT2D eigenvalue weighted by Crippen LogP contribution is -2.36. The predicted molar refractivity (Wildman–Crippen MR) is 103 cm³/mol. The Labute approximate surface area is 163 Å². The van der Waals surface area contributed by atoms with E-state index in [-0.39, 0.29) is 18.2 Å². The van der Waals surface area contributed by atoms with Crippen molar-refractivity contribution >= 4 is 35.0 Å². The van der Waals surface area contributed by atoms with E-state index >= 15 is 0 Å². The molecule has 140 valence electrons. The van der Waals surface area contributed by atoms with Gasteiger partial charge in [-0.25, -0.2) is 0 Å². The molecule has 1 heterocycles. The molecule has 0 radical (unpaired) electrons. The first-order chi connectivity index (χ1) is 12.5. The second-order valence-electron chi connectivity index (χ2n) is 5.89. The highest BCUT2D eigenvalue weighted by Crippen LogP contribution is 2.21. The Morgan fingerprint density at radius 2 is 2.00 bits per heavy atom. The van der Waals surface area contributed by atoms with Gasteiger partial charge in [-0.05, 0) is 36.6 Å². The number of halogens is 2. The molecule has 7 heteroatoms. The number of nitrogens with one attached hydrogen (secondary N) is 1. The summed E-state index contributed by atoms with van der Waals surface area (Å²) in [5.74, 6) is -0.225. The summed E-state index contributed by atoms with van der Waals surface area (Å²) < 4.78 is 4.96. The second-order valence-corrected chi connectivity index (χ2v) is 6.73. The quantitative estimate of drug-likeness (QED) is 0.690. The van der Waals surface area contributed by atoms with Crippen LogP contribution >= 0.6 is 23.2 Å². The number of hydrogen-bond donors (Lipinski definition) is 1. The van der Waals surface area contributed by atoms with Crippen molar-refractivity contribution in [3.05, 3.63) is 58.0 Å². The van der Waals surface area contributed by atoms with Crippen LogP contribution in [-0.4, -0.2) is 36.3 Å². The summed E-state index contributed by atoms with van der Waals surface area (Å²) in [5.41, 5.74) is 1.43. The SMILES string of the molecule is CCCN(CCC(=O)NCCc1ccc(Cl)cc1Cl)C(=O)c1ccoc1. The highest BCUT2D eigenvalue weighted by molar-refractivity contribution is 6.35. The fourth-order valence-corrected chi connectivity index (χ4v) is 3.04. The van der Waals surface area contributed by atoms with Gasteiger partial charge < -0.3 is 14.6 Å². The number of carbonyl (C=O) groups is 2. The first kappa shape index (κ1) is 20.3. The first-order valence-electron chi connectivity index (χ1n) is 8.53. The molecule has 0 saturated carbocycles. The van der Waals surface area contributed by atoms with E-state index in [0.717, 1.165) is 12.0 Å². The van der Waals surface area contributed by atoms with Gasteiger partial charge in [0.25, 0.3) is 5.91 Å². The van der Waals surface area contributed by atoms with Gasteiger partial charge in [-0.1, -0.05) is 36.2 Å². The first-order valence-corrected chi connectivity index (χ1v) is 9.29.